The standard InChI is InChI=1S/C11H12ClN3O/c1-7-3-4-8(9(12)5-7)11-14-13-10(6-16)15(11)2/h3-5,16H,6H2,1-2H3. The smallest absolute Gasteiger partial charge is 0.165 e. The van der Waals surface area contributed by atoms with Crippen LogP contribution in [0, 0.1) is 6.92 Å². The molecule has 0 unspecified atom stereocenters. The molecule has 1 aromatic carbocycles. The summed E-state index contributed by atoms with van der Waals surface area (Å²) < 4.78 is 1.73. The third-order valence-electron chi connectivity index (χ3n) is 2.47. The number of aliphatic hydroxyl groups excluding tert-OH is 1. The summed E-state index contributed by atoms with van der Waals surface area (Å²) in [6.07, 6.45) is 0. The van der Waals surface area contributed by atoms with Crippen LogP contribution in [0.2, 0.25) is 5.02 Å². The first-order chi connectivity index (χ1) is 7.63. The van der Waals surface area contributed by atoms with E-state index in [1.54, 1.807) is 11.6 Å². The Kier molecular flexibility index (Phi) is 2.94. The van der Waals surface area contributed by atoms with E-state index in [2.05, 4.69) is 10.2 Å². The molecule has 0 saturated heterocycles. The molecule has 16 heavy (non-hydrogen) atoms. The van der Waals surface area contributed by atoms with Gasteiger partial charge in [0.25, 0.3) is 0 Å². The monoisotopic (exact) mass is 237 g/mol. The number of hydrogen-bond acceptors (Lipinski definition) is 3. The molecular weight excluding hydrogens is 226 g/mol. The van der Waals surface area contributed by atoms with Crippen molar-refractivity contribution in [1.82, 2.24) is 14.8 Å². The van der Waals surface area contributed by atoms with E-state index in [9.17, 15) is 0 Å². The van der Waals surface area contributed by atoms with E-state index < -0.39 is 0 Å². The molecule has 1 N–H and O–H groups in total. The second kappa shape index (κ2) is 4.23. The van der Waals surface area contributed by atoms with E-state index in [1.807, 2.05) is 25.1 Å². The van der Waals surface area contributed by atoms with Gasteiger partial charge in [0, 0.05) is 12.6 Å². The number of aryl methyl sites for hydroxylation is 1. The van der Waals surface area contributed by atoms with E-state index in [0.29, 0.717) is 16.7 Å². The first-order valence-corrected chi connectivity index (χ1v) is 5.27. The zero-order chi connectivity index (χ0) is 11.7. The van der Waals surface area contributed by atoms with Gasteiger partial charge in [-0.15, -0.1) is 10.2 Å². The van der Waals surface area contributed by atoms with Crippen LogP contribution in [-0.2, 0) is 13.7 Å². The Labute approximate surface area is 98.5 Å². The molecule has 2 rings (SSSR count). The van der Waals surface area contributed by atoms with Gasteiger partial charge < -0.3 is 9.67 Å². The van der Waals surface area contributed by atoms with Gasteiger partial charge in [0.05, 0.1) is 5.02 Å². The predicted molar refractivity (Wildman–Crippen MR) is 62.1 cm³/mol. The lowest BCUT2D eigenvalue weighted by Crippen LogP contribution is -1.99. The molecule has 0 aliphatic rings. The Morgan fingerprint density at radius 1 is 1.38 bits per heavy atom. The molecule has 1 aromatic heterocycles. The molecule has 0 fully saturated rings. The summed E-state index contributed by atoms with van der Waals surface area (Å²) in [5, 5.41) is 17.6. The molecular formula is C11H12ClN3O. The van der Waals surface area contributed by atoms with Crippen molar-refractivity contribution in [2.45, 2.75) is 13.5 Å². The Morgan fingerprint density at radius 3 is 2.69 bits per heavy atom. The molecule has 0 radical (unpaired) electrons. The molecule has 2 aromatic rings. The van der Waals surface area contributed by atoms with Gasteiger partial charge in [-0.25, -0.2) is 0 Å². The molecule has 5 heteroatoms. The molecule has 0 bridgehead atoms. The molecule has 84 valence electrons. The highest BCUT2D eigenvalue weighted by molar-refractivity contribution is 6.33. The third kappa shape index (κ3) is 1.81. The molecule has 1 heterocycles. The maximum absolute atomic E-state index is 9.04. The Hall–Kier alpha value is -1.39. The van der Waals surface area contributed by atoms with Crippen molar-refractivity contribution in [1.29, 1.82) is 0 Å². The van der Waals surface area contributed by atoms with E-state index in [0.717, 1.165) is 11.1 Å². The van der Waals surface area contributed by atoms with E-state index >= 15 is 0 Å². The summed E-state index contributed by atoms with van der Waals surface area (Å²) in [5.41, 5.74) is 1.92. The molecule has 4 nitrogen and oxygen atoms in total. The van der Waals surface area contributed by atoms with Crippen LogP contribution < -0.4 is 0 Å². The first kappa shape index (κ1) is 11.1. The van der Waals surface area contributed by atoms with Crippen molar-refractivity contribution >= 4 is 11.6 Å². The Balaban J connectivity index is 2.54. The quantitative estimate of drug-likeness (QED) is 0.869. The van der Waals surface area contributed by atoms with E-state index in [1.165, 1.54) is 0 Å². The van der Waals surface area contributed by atoms with Gasteiger partial charge >= 0.3 is 0 Å². The Morgan fingerprint density at radius 2 is 2.12 bits per heavy atom. The van der Waals surface area contributed by atoms with Gasteiger partial charge in [0.1, 0.15) is 6.61 Å². The highest BCUT2D eigenvalue weighted by Gasteiger charge is 2.12. The molecule has 0 spiro atoms. The average molecular weight is 238 g/mol. The zero-order valence-corrected chi connectivity index (χ0v) is 9.86. The minimum absolute atomic E-state index is 0.132. The van der Waals surface area contributed by atoms with Gasteiger partial charge in [-0.05, 0) is 24.6 Å². The second-order valence-electron chi connectivity index (χ2n) is 3.64. The minimum Gasteiger partial charge on any atom is -0.388 e. The lowest BCUT2D eigenvalue weighted by Gasteiger charge is -2.05. The van der Waals surface area contributed by atoms with Crippen LogP contribution in [0.4, 0.5) is 0 Å². The van der Waals surface area contributed by atoms with Crippen LogP contribution in [-0.4, -0.2) is 19.9 Å². The number of hydrogen-bond donors (Lipinski definition) is 1. The first-order valence-electron chi connectivity index (χ1n) is 4.89. The molecule has 0 amide bonds. The normalized spacial score (nSPS) is 10.8. The lowest BCUT2D eigenvalue weighted by atomic mass is 10.1. The summed E-state index contributed by atoms with van der Waals surface area (Å²) in [6, 6.07) is 5.75. The molecule has 0 atom stereocenters. The summed E-state index contributed by atoms with van der Waals surface area (Å²) in [4.78, 5) is 0. The van der Waals surface area contributed by atoms with Gasteiger partial charge in [-0.3, -0.25) is 0 Å². The van der Waals surface area contributed by atoms with Gasteiger partial charge in [0.15, 0.2) is 11.6 Å². The maximum atomic E-state index is 9.04. The average Bonchev–Trinajstić information content (AvgIpc) is 2.60. The molecule has 0 aliphatic heterocycles. The van der Waals surface area contributed by atoms with Crippen molar-refractivity contribution in [3.05, 3.63) is 34.6 Å². The maximum Gasteiger partial charge on any atom is 0.165 e. The highest BCUT2D eigenvalue weighted by atomic mass is 35.5. The fraction of sp³-hybridized carbons (Fsp3) is 0.273. The Bertz CT molecular complexity index is 522. The number of halogens is 1. The van der Waals surface area contributed by atoms with Gasteiger partial charge in [-0.2, -0.15) is 0 Å². The van der Waals surface area contributed by atoms with Crippen molar-refractivity contribution < 1.29 is 5.11 Å². The van der Waals surface area contributed by atoms with Crippen LogP contribution in [0.15, 0.2) is 18.2 Å². The van der Waals surface area contributed by atoms with Gasteiger partial charge in [0.2, 0.25) is 0 Å². The topological polar surface area (TPSA) is 50.9 Å². The minimum atomic E-state index is -0.132. The summed E-state index contributed by atoms with van der Waals surface area (Å²) in [6.45, 7) is 1.85. The number of nitrogens with zero attached hydrogens (tertiary/aromatic N) is 3. The lowest BCUT2D eigenvalue weighted by molar-refractivity contribution is 0.267. The number of rotatable bonds is 2. The fourth-order valence-corrected chi connectivity index (χ4v) is 1.85. The number of aliphatic hydroxyl groups is 1. The van der Waals surface area contributed by atoms with Crippen molar-refractivity contribution in [2.75, 3.05) is 0 Å². The van der Waals surface area contributed by atoms with Crippen molar-refractivity contribution in [3.8, 4) is 11.4 Å². The highest BCUT2D eigenvalue weighted by Crippen LogP contribution is 2.27. The third-order valence-corrected chi connectivity index (χ3v) is 2.78. The van der Waals surface area contributed by atoms with Crippen LogP contribution >= 0.6 is 11.6 Å². The van der Waals surface area contributed by atoms with Crippen molar-refractivity contribution in [3.63, 3.8) is 0 Å². The van der Waals surface area contributed by atoms with Crippen LogP contribution in [0.5, 0.6) is 0 Å². The van der Waals surface area contributed by atoms with Crippen LogP contribution in [0.1, 0.15) is 11.4 Å². The summed E-state index contributed by atoms with van der Waals surface area (Å²) >= 11 is 6.14. The van der Waals surface area contributed by atoms with Gasteiger partial charge in [-0.1, -0.05) is 17.7 Å². The van der Waals surface area contributed by atoms with Crippen LogP contribution in [0.25, 0.3) is 11.4 Å². The predicted octanol–water partition coefficient (Wildman–Crippen LogP) is 1.94. The molecule has 0 aliphatic carbocycles. The number of benzene rings is 1. The number of aromatic nitrogens is 3. The zero-order valence-electron chi connectivity index (χ0n) is 9.11. The SMILES string of the molecule is Cc1ccc(-c2nnc(CO)n2C)c(Cl)c1. The van der Waals surface area contributed by atoms with Crippen molar-refractivity contribution in [2.24, 2.45) is 7.05 Å². The fourth-order valence-electron chi connectivity index (χ4n) is 1.54. The molecule has 0 saturated carbocycles. The second-order valence-corrected chi connectivity index (χ2v) is 4.05. The van der Waals surface area contributed by atoms with E-state index in [4.69, 9.17) is 16.7 Å². The largest absolute Gasteiger partial charge is 0.388 e. The van der Waals surface area contributed by atoms with E-state index in [-0.39, 0.29) is 6.61 Å². The summed E-state index contributed by atoms with van der Waals surface area (Å²) in [5.74, 6) is 1.18. The summed E-state index contributed by atoms with van der Waals surface area (Å²) in [7, 11) is 1.80. The van der Waals surface area contributed by atoms with Crippen LogP contribution in [0.3, 0.4) is 0 Å².